The van der Waals surface area contributed by atoms with Gasteiger partial charge in [-0.25, -0.2) is 9.37 Å². The van der Waals surface area contributed by atoms with E-state index in [2.05, 4.69) is 4.98 Å². The van der Waals surface area contributed by atoms with Crippen molar-refractivity contribution in [3.63, 3.8) is 0 Å². The zero-order chi connectivity index (χ0) is 16.2. The van der Waals surface area contributed by atoms with Gasteiger partial charge in [-0.05, 0) is 24.2 Å². The highest BCUT2D eigenvalue weighted by atomic mass is 32.1. The van der Waals surface area contributed by atoms with Gasteiger partial charge in [0, 0.05) is 18.3 Å². The smallest absolute Gasteiger partial charge is 0.273 e. The molecule has 1 unspecified atom stereocenters. The molecule has 1 amide bonds. The first-order valence-corrected chi connectivity index (χ1v) is 8.36. The molecular formula is C16H18FN3O2S. The van der Waals surface area contributed by atoms with Crippen molar-refractivity contribution in [2.75, 3.05) is 26.2 Å². The van der Waals surface area contributed by atoms with Gasteiger partial charge in [0.05, 0.1) is 18.2 Å². The lowest BCUT2D eigenvalue weighted by Gasteiger charge is -2.32. The molecule has 2 N–H and O–H groups in total. The molecule has 5 nitrogen and oxygen atoms in total. The molecule has 0 radical (unpaired) electrons. The first kappa shape index (κ1) is 16.0. The number of nitrogens with two attached hydrogens (primary N) is 1. The minimum Gasteiger partial charge on any atom is -0.370 e. The molecule has 1 saturated heterocycles. The number of morpholine rings is 1. The zero-order valence-corrected chi connectivity index (χ0v) is 13.4. The van der Waals surface area contributed by atoms with Crippen LogP contribution in [0.3, 0.4) is 0 Å². The van der Waals surface area contributed by atoms with E-state index in [1.165, 1.54) is 23.5 Å². The second-order valence-electron chi connectivity index (χ2n) is 5.33. The monoisotopic (exact) mass is 335 g/mol. The normalized spacial score (nSPS) is 18.2. The predicted octanol–water partition coefficient (Wildman–Crippen LogP) is 2.00. The van der Waals surface area contributed by atoms with E-state index in [1.807, 2.05) is 6.07 Å². The van der Waals surface area contributed by atoms with Crippen molar-refractivity contribution in [1.29, 1.82) is 0 Å². The molecule has 23 heavy (non-hydrogen) atoms. The Morgan fingerprint density at radius 2 is 2.39 bits per heavy atom. The Kier molecular flexibility index (Phi) is 5.00. The lowest BCUT2D eigenvalue weighted by molar-refractivity contribution is -0.0231. The van der Waals surface area contributed by atoms with Crippen LogP contribution in [0.1, 0.15) is 27.2 Å². The fraction of sp³-hybridized carbons (Fsp3) is 0.375. The van der Waals surface area contributed by atoms with Crippen molar-refractivity contribution < 1.29 is 13.9 Å². The fourth-order valence-corrected chi connectivity index (χ4v) is 3.34. The number of hydrogen-bond acceptors (Lipinski definition) is 5. The van der Waals surface area contributed by atoms with Crippen LogP contribution in [0.4, 0.5) is 4.39 Å². The first-order valence-electron chi connectivity index (χ1n) is 7.48. The van der Waals surface area contributed by atoms with Crippen LogP contribution in [0.15, 0.2) is 29.6 Å². The number of carbonyl (C=O) groups is 1. The Morgan fingerprint density at radius 1 is 1.52 bits per heavy atom. The van der Waals surface area contributed by atoms with Crippen molar-refractivity contribution in [3.8, 4) is 0 Å². The number of ether oxygens (including phenoxy) is 1. The summed E-state index contributed by atoms with van der Waals surface area (Å²) in [6.07, 6.45) is 0.359. The van der Waals surface area contributed by atoms with Gasteiger partial charge in [-0.1, -0.05) is 12.1 Å². The molecule has 7 heteroatoms. The van der Waals surface area contributed by atoms with E-state index in [-0.39, 0.29) is 17.8 Å². The molecule has 1 aliphatic heterocycles. The minimum atomic E-state index is -0.314. The second-order valence-corrected chi connectivity index (χ2v) is 6.27. The Hall–Kier alpha value is -1.83. The third kappa shape index (κ3) is 3.74. The Morgan fingerprint density at radius 3 is 3.17 bits per heavy atom. The molecule has 0 saturated carbocycles. The average Bonchev–Trinajstić information content (AvgIpc) is 3.03. The van der Waals surface area contributed by atoms with Crippen LogP contribution in [0.2, 0.25) is 0 Å². The SMILES string of the molecule is NCCc1nc(C(=O)N2CCOC(c3cccc(F)c3)C2)cs1. The summed E-state index contributed by atoms with van der Waals surface area (Å²) in [4.78, 5) is 18.6. The highest BCUT2D eigenvalue weighted by Gasteiger charge is 2.27. The Labute approximate surface area is 137 Å². The number of thiazole rings is 1. The van der Waals surface area contributed by atoms with Gasteiger partial charge in [0.2, 0.25) is 0 Å². The van der Waals surface area contributed by atoms with Crippen molar-refractivity contribution >= 4 is 17.2 Å². The quantitative estimate of drug-likeness (QED) is 0.928. The van der Waals surface area contributed by atoms with Crippen molar-refractivity contribution in [2.45, 2.75) is 12.5 Å². The molecule has 2 heterocycles. The predicted molar refractivity (Wildman–Crippen MR) is 85.9 cm³/mol. The number of hydrogen-bond donors (Lipinski definition) is 1. The standard InChI is InChI=1S/C16H18FN3O2S/c17-12-3-1-2-11(8-12)14-9-20(6-7-22-14)16(21)13-10-23-15(19-13)4-5-18/h1-3,8,10,14H,4-7,9,18H2. The molecule has 1 aromatic carbocycles. The number of nitrogens with zero attached hydrogens (tertiary/aromatic N) is 2. The molecule has 1 aliphatic rings. The number of halogens is 1. The maximum atomic E-state index is 13.4. The van der Waals surface area contributed by atoms with Crippen LogP contribution < -0.4 is 5.73 Å². The molecule has 1 atom stereocenters. The number of rotatable bonds is 4. The molecule has 0 spiro atoms. The topological polar surface area (TPSA) is 68.5 Å². The van der Waals surface area contributed by atoms with Crippen molar-refractivity contribution in [2.24, 2.45) is 5.73 Å². The molecule has 0 bridgehead atoms. The van der Waals surface area contributed by atoms with Gasteiger partial charge >= 0.3 is 0 Å². The van der Waals surface area contributed by atoms with Crippen LogP contribution in [-0.2, 0) is 11.2 Å². The van der Waals surface area contributed by atoms with E-state index in [9.17, 15) is 9.18 Å². The maximum Gasteiger partial charge on any atom is 0.273 e. The molecule has 3 rings (SSSR count). The van der Waals surface area contributed by atoms with Gasteiger partial charge < -0.3 is 15.4 Å². The van der Waals surface area contributed by atoms with Crippen LogP contribution in [0.25, 0.3) is 0 Å². The molecular weight excluding hydrogens is 317 g/mol. The van der Waals surface area contributed by atoms with Crippen molar-refractivity contribution in [3.05, 3.63) is 51.7 Å². The summed E-state index contributed by atoms with van der Waals surface area (Å²) >= 11 is 1.45. The van der Waals surface area contributed by atoms with E-state index in [1.54, 1.807) is 16.3 Å². The third-order valence-corrected chi connectivity index (χ3v) is 4.61. The minimum absolute atomic E-state index is 0.116. The lowest BCUT2D eigenvalue weighted by atomic mass is 10.1. The van der Waals surface area contributed by atoms with Gasteiger partial charge in [-0.3, -0.25) is 4.79 Å². The van der Waals surface area contributed by atoms with Gasteiger partial charge in [0.25, 0.3) is 5.91 Å². The summed E-state index contributed by atoms with van der Waals surface area (Å²) in [5, 5.41) is 2.63. The highest BCUT2D eigenvalue weighted by molar-refractivity contribution is 7.09. The molecule has 0 aliphatic carbocycles. The maximum absolute atomic E-state index is 13.4. The Balaban J connectivity index is 1.71. The lowest BCUT2D eigenvalue weighted by Crippen LogP contribution is -2.42. The van der Waals surface area contributed by atoms with E-state index in [0.717, 1.165) is 10.6 Å². The summed E-state index contributed by atoms with van der Waals surface area (Å²) < 4.78 is 19.0. The summed E-state index contributed by atoms with van der Waals surface area (Å²) in [5.74, 6) is -0.422. The van der Waals surface area contributed by atoms with Crippen LogP contribution >= 0.6 is 11.3 Å². The molecule has 2 aromatic rings. The number of aromatic nitrogens is 1. The van der Waals surface area contributed by atoms with E-state index in [4.69, 9.17) is 10.5 Å². The van der Waals surface area contributed by atoms with Crippen LogP contribution in [0, 0.1) is 5.82 Å². The summed E-state index contributed by atoms with van der Waals surface area (Å²) in [6, 6.07) is 6.29. The Bertz CT molecular complexity index is 691. The fourth-order valence-electron chi connectivity index (χ4n) is 2.55. The number of carbonyl (C=O) groups excluding carboxylic acids is 1. The van der Waals surface area contributed by atoms with Gasteiger partial charge in [-0.2, -0.15) is 0 Å². The van der Waals surface area contributed by atoms with E-state index >= 15 is 0 Å². The summed E-state index contributed by atoms with van der Waals surface area (Å²) in [6.45, 7) is 1.84. The summed E-state index contributed by atoms with van der Waals surface area (Å²) in [7, 11) is 0. The van der Waals surface area contributed by atoms with Gasteiger partial charge in [-0.15, -0.1) is 11.3 Å². The second kappa shape index (κ2) is 7.16. The summed E-state index contributed by atoms with van der Waals surface area (Å²) in [5.41, 5.74) is 6.69. The highest BCUT2D eigenvalue weighted by Crippen LogP contribution is 2.24. The van der Waals surface area contributed by atoms with Crippen LogP contribution in [0.5, 0.6) is 0 Å². The number of benzene rings is 1. The first-order chi connectivity index (χ1) is 11.2. The largest absolute Gasteiger partial charge is 0.370 e. The molecule has 1 fully saturated rings. The van der Waals surface area contributed by atoms with E-state index in [0.29, 0.717) is 38.4 Å². The molecule has 1 aromatic heterocycles. The number of amides is 1. The molecule has 122 valence electrons. The van der Waals surface area contributed by atoms with Crippen molar-refractivity contribution in [1.82, 2.24) is 9.88 Å². The third-order valence-electron chi connectivity index (χ3n) is 3.70. The van der Waals surface area contributed by atoms with Crippen LogP contribution in [-0.4, -0.2) is 42.0 Å². The van der Waals surface area contributed by atoms with Gasteiger partial charge in [0.15, 0.2) is 0 Å². The van der Waals surface area contributed by atoms with Gasteiger partial charge in [0.1, 0.15) is 17.6 Å². The zero-order valence-electron chi connectivity index (χ0n) is 12.6. The van der Waals surface area contributed by atoms with E-state index < -0.39 is 0 Å². The average molecular weight is 335 g/mol.